The summed E-state index contributed by atoms with van der Waals surface area (Å²) in [4.78, 5) is 11.2. The zero-order valence-corrected chi connectivity index (χ0v) is 10.3. The molecule has 3 rings (SSSR count). The zero-order chi connectivity index (χ0) is 12.5. The van der Waals surface area contributed by atoms with Crippen molar-refractivity contribution in [2.24, 2.45) is 0 Å². The summed E-state index contributed by atoms with van der Waals surface area (Å²) in [6, 6.07) is 12.2. The van der Waals surface area contributed by atoms with E-state index in [2.05, 4.69) is 36.5 Å². The number of benzene rings is 1. The molecule has 1 amide bonds. The van der Waals surface area contributed by atoms with Crippen LogP contribution in [0.15, 0.2) is 40.8 Å². The first-order valence-electron chi connectivity index (χ1n) is 6.16. The second-order valence-corrected chi connectivity index (χ2v) is 4.77. The Labute approximate surface area is 106 Å². The van der Waals surface area contributed by atoms with E-state index in [0.717, 1.165) is 17.1 Å². The Morgan fingerprint density at radius 2 is 1.94 bits per heavy atom. The molecule has 1 aromatic carbocycles. The monoisotopic (exact) mass is 241 g/mol. The Kier molecular flexibility index (Phi) is 2.67. The topological polar surface area (TPSA) is 42.2 Å². The molecule has 1 aliphatic rings. The molecule has 92 valence electrons. The first kappa shape index (κ1) is 11.1. The van der Waals surface area contributed by atoms with Crippen molar-refractivity contribution in [1.82, 2.24) is 5.32 Å². The van der Waals surface area contributed by atoms with Crippen molar-refractivity contribution in [3.63, 3.8) is 0 Å². The van der Waals surface area contributed by atoms with Crippen LogP contribution in [0.25, 0.3) is 11.3 Å². The summed E-state index contributed by atoms with van der Waals surface area (Å²) in [6.07, 6.45) is 0.529. The van der Waals surface area contributed by atoms with Crippen molar-refractivity contribution in [2.75, 3.05) is 6.54 Å². The fourth-order valence-corrected chi connectivity index (χ4v) is 2.25. The molecule has 0 aliphatic carbocycles. The lowest BCUT2D eigenvalue weighted by Gasteiger charge is -2.02. The number of carbonyl (C=O) groups is 1. The van der Waals surface area contributed by atoms with Crippen LogP contribution in [0, 0.1) is 6.92 Å². The number of hydrogen-bond donors (Lipinski definition) is 1. The minimum absolute atomic E-state index is 0.105. The van der Waals surface area contributed by atoms with Crippen LogP contribution in [0.2, 0.25) is 0 Å². The normalized spacial score (nSPS) is 18.9. The van der Waals surface area contributed by atoms with Gasteiger partial charge in [0.05, 0.1) is 0 Å². The largest absolute Gasteiger partial charge is 0.461 e. The molecule has 3 nitrogen and oxygen atoms in total. The summed E-state index contributed by atoms with van der Waals surface area (Å²) in [7, 11) is 0. The average molecular weight is 241 g/mol. The molecule has 1 aliphatic heterocycles. The van der Waals surface area contributed by atoms with E-state index in [-0.39, 0.29) is 11.8 Å². The number of hydrogen-bond acceptors (Lipinski definition) is 2. The molecule has 1 atom stereocenters. The first-order valence-corrected chi connectivity index (χ1v) is 6.16. The molecule has 0 radical (unpaired) electrons. The Hall–Kier alpha value is -2.03. The smallest absolute Gasteiger partial charge is 0.220 e. The Bertz CT molecular complexity index is 568. The second kappa shape index (κ2) is 4.33. The lowest BCUT2D eigenvalue weighted by molar-refractivity contribution is -0.119. The van der Waals surface area contributed by atoms with Gasteiger partial charge in [-0.15, -0.1) is 0 Å². The number of carbonyl (C=O) groups excluding carboxylic acids is 1. The van der Waals surface area contributed by atoms with Crippen molar-refractivity contribution in [1.29, 1.82) is 0 Å². The van der Waals surface area contributed by atoms with Crippen LogP contribution in [0.3, 0.4) is 0 Å². The fraction of sp³-hybridized carbons (Fsp3) is 0.267. The third-order valence-electron chi connectivity index (χ3n) is 3.34. The van der Waals surface area contributed by atoms with Crippen molar-refractivity contribution in [3.8, 4) is 11.3 Å². The highest BCUT2D eigenvalue weighted by Gasteiger charge is 2.25. The van der Waals surface area contributed by atoms with Crippen molar-refractivity contribution < 1.29 is 9.21 Å². The standard InChI is InChI=1S/C15H15NO2/c1-10-2-4-11(5-3-10)13-6-7-14(18-13)12-8-15(17)16-9-12/h2-7,12H,8-9H2,1H3,(H,16,17). The van der Waals surface area contributed by atoms with Gasteiger partial charge in [0.25, 0.3) is 0 Å². The van der Waals surface area contributed by atoms with Gasteiger partial charge in [0, 0.05) is 24.4 Å². The van der Waals surface area contributed by atoms with Crippen molar-refractivity contribution >= 4 is 5.91 Å². The van der Waals surface area contributed by atoms with Crippen LogP contribution >= 0.6 is 0 Å². The summed E-state index contributed by atoms with van der Waals surface area (Å²) in [5.74, 6) is 2.04. The number of nitrogens with one attached hydrogen (secondary N) is 1. The third-order valence-corrected chi connectivity index (χ3v) is 3.34. The zero-order valence-electron chi connectivity index (χ0n) is 10.3. The molecule has 0 bridgehead atoms. The van der Waals surface area contributed by atoms with Crippen LogP contribution < -0.4 is 5.32 Å². The highest BCUT2D eigenvalue weighted by atomic mass is 16.3. The van der Waals surface area contributed by atoms with Crippen LogP contribution in [0.1, 0.15) is 23.7 Å². The highest BCUT2D eigenvalue weighted by molar-refractivity contribution is 5.79. The maximum atomic E-state index is 11.2. The summed E-state index contributed by atoms with van der Waals surface area (Å²) in [6.45, 7) is 2.74. The minimum Gasteiger partial charge on any atom is -0.461 e. The number of furan rings is 1. The Balaban J connectivity index is 1.85. The van der Waals surface area contributed by atoms with E-state index < -0.39 is 0 Å². The highest BCUT2D eigenvalue weighted by Crippen LogP contribution is 2.29. The summed E-state index contributed by atoms with van der Waals surface area (Å²) >= 11 is 0. The quantitative estimate of drug-likeness (QED) is 0.878. The third kappa shape index (κ3) is 2.04. The number of rotatable bonds is 2. The molecule has 1 fully saturated rings. The fourth-order valence-electron chi connectivity index (χ4n) is 2.25. The molecule has 1 unspecified atom stereocenters. The Morgan fingerprint density at radius 3 is 2.61 bits per heavy atom. The van der Waals surface area contributed by atoms with Gasteiger partial charge in [0.2, 0.25) is 5.91 Å². The van der Waals surface area contributed by atoms with Crippen LogP contribution in [0.5, 0.6) is 0 Å². The van der Waals surface area contributed by atoms with E-state index in [1.807, 2.05) is 12.1 Å². The maximum absolute atomic E-state index is 11.2. The van der Waals surface area contributed by atoms with E-state index in [0.29, 0.717) is 13.0 Å². The minimum atomic E-state index is 0.105. The SMILES string of the molecule is Cc1ccc(-c2ccc(C3CNC(=O)C3)o2)cc1. The lowest BCUT2D eigenvalue weighted by Crippen LogP contribution is -2.13. The molecule has 1 aromatic heterocycles. The van der Waals surface area contributed by atoms with Crippen LogP contribution in [-0.4, -0.2) is 12.5 Å². The Morgan fingerprint density at radius 1 is 1.17 bits per heavy atom. The van der Waals surface area contributed by atoms with Crippen LogP contribution in [0.4, 0.5) is 0 Å². The van der Waals surface area contributed by atoms with E-state index in [1.165, 1.54) is 5.56 Å². The van der Waals surface area contributed by atoms with Crippen molar-refractivity contribution in [3.05, 3.63) is 47.7 Å². The van der Waals surface area contributed by atoms with Gasteiger partial charge < -0.3 is 9.73 Å². The van der Waals surface area contributed by atoms with E-state index in [9.17, 15) is 4.79 Å². The maximum Gasteiger partial charge on any atom is 0.220 e. The molecule has 1 N–H and O–H groups in total. The first-order chi connectivity index (χ1) is 8.72. The van der Waals surface area contributed by atoms with Gasteiger partial charge in [-0.25, -0.2) is 0 Å². The molecular formula is C15H15NO2. The lowest BCUT2D eigenvalue weighted by atomic mass is 10.1. The van der Waals surface area contributed by atoms with Gasteiger partial charge in [-0.3, -0.25) is 4.79 Å². The molecule has 2 aromatic rings. The van der Waals surface area contributed by atoms with E-state index in [1.54, 1.807) is 0 Å². The number of aryl methyl sites for hydroxylation is 1. The van der Waals surface area contributed by atoms with Gasteiger partial charge >= 0.3 is 0 Å². The van der Waals surface area contributed by atoms with Gasteiger partial charge in [-0.05, 0) is 19.1 Å². The predicted octanol–water partition coefficient (Wildman–Crippen LogP) is 2.86. The second-order valence-electron chi connectivity index (χ2n) is 4.77. The van der Waals surface area contributed by atoms with E-state index >= 15 is 0 Å². The summed E-state index contributed by atoms with van der Waals surface area (Å²) < 4.78 is 5.85. The molecule has 2 heterocycles. The summed E-state index contributed by atoms with van der Waals surface area (Å²) in [5, 5.41) is 2.83. The number of amides is 1. The predicted molar refractivity (Wildman–Crippen MR) is 69.2 cm³/mol. The molecule has 18 heavy (non-hydrogen) atoms. The van der Waals surface area contributed by atoms with Gasteiger partial charge in [0.15, 0.2) is 0 Å². The van der Waals surface area contributed by atoms with Crippen LogP contribution in [-0.2, 0) is 4.79 Å². The van der Waals surface area contributed by atoms with Gasteiger partial charge in [0.1, 0.15) is 11.5 Å². The van der Waals surface area contributed by atoms with Gasteiger partial charge in [-0.2, -0.15) is 0 Å². The molecule has 1 saturated heterocycles. The molecular weight excluding hydrogens is 226 g/mol. The van der Waals surface area contributed by atoms with E-state index in [4.69, 9.17) is 4.42 Å². The molecule has 0 saturated carbocycles. The molecule has 0 spiro atoms. The summed E-state index contributed by atoms with van der Waals surface area (Å²) in [5.41, 5.74) is 2.31. The average Bonchev–Trinajstić information content (AvgIpc) is 2.98. The van der Waals surface area contributed by atoms with Crippen molar-refractivity contribution in [2.45, 2.75) is 19.3 Å². The molecule has 3 heteroatoms. The van der Waals surface area contributed by atoms with Gasteiger partial charge in [-0.1, -0.05) is 29.8 Å².